The number of carbonyl (C=O) groups is 1. The first-order chi connectivity index (χ1) is 19.3. The summed E-state index contributed by atoms with van der Waals surface area (Å²) in [6.45, 7) is 2.74. The minimum Gasteiger partial charge on any atom is -0.467 e. The Labute approximate surface area is 240 Å². The van der Waals surface area contributed by atoms with Gasteiger partial charge in [0, 0.05) is 56.6 Å². The number of amides is 1. The second-order valence-corrected chi connectivity index (χ2v) is 10.8. The molecule has 1 aromatic carbocycles. The predicted octanol–water partition coefficient (Wildman–Crippen LogP) is 3.45. The molecule has 2 aliphatic heterocycles. The number of hydrogen-bond acceptors (Lipinski definition) is 9. The Balaban J connectivity index is 1.33. The average Bonchev–Trinajstić information content (AvgIpc) is 3.45. The number of nitrogens with zero attached hydrogens (tertiary/aromatic N) is 9. The number of aromatic amines is 1. The lowest BCUT2D eigenvalue weighted by Gasteiger charge is -2.41. The maximum Gasteiger partial charge on any atom is 0.320 e. The Bertz CT molecular complexity index is 1670. The van der Waals surface area contributed by atoms with Crippen LogP contribution in [0.15, 0.2) is 18.3 Å². The Kier molecular flexibility index (Phi) is 6.64. The van der Waals surface area contributed by atoms with E-state index in [1.54, 1.807) is 25.0 Å². The molecule has 12 nitrogen and oxygen atoms in total. The molecule has 0 spiro atoms. The molecule has 4 aromatic rings. The molecule has 6 rings (SSSR count). The topological polar surface area (TPSA) is 132 Å². The molecule has 1 saturated heterocycles. The fourth-order valence-electron chi connectivity index (χ4n) is 5.34. The summed E-state index contributed by atoms with van der Waals surface area (Å²) in [7, 11) is 4.82. The molecule has 1 amide bonds. The molecule has 3 aromatic heterocycles. The van der Waals surface area contributed by atoms with Gasteiger partial charge in [0.1, 0.15) is 11.6 Å². The van der Waals surface area contributed by atoms with Gasteiger partial charge in [-0.05, 0) is 24.1 Å². The largest absolute Gasteiger partial charge is 0.467 e. The van der Waals surface area contributed by atoms with Crippen LogP contribution in [0.4, 0.5) is 11.6 Å². The van der Waals surface area contributed by atoms with E-state index in [2.05, 4.69) is 31.3 Å². The Morgan fingerprint density at radius 1 is 1.18 bits per heavy atom. The molecular weight excluding hydrogens is 555 g/mol. The number of fused-ring (bicyclic) bond motifs is 2. The van der Waals surface area contributed by atoms with Gasteiger partial charge in [-0.2, -0.15) is 25.4 Å². The monoisotopic (exact) mass is 580 g/mol. The zero-order chi connectivity index (χ0) is 28.1. The van der Waals surface area contributed by atoms with E-state index >= 15 is 0 Å². The first-order valence-electron chi connectivity index (χ1n) is 12.7. The second-order valence-electron chi connectivity index (χ2n) is 10.0. The number of aryl methyl sites for hydroxylation is 1. The molecule has 1 fully saturated rings. The standard InChI is InChI=1S/C26H26Cl2N10O2/c1-35(2)25(39)22-21(28)19-13-36(7-4-8-38(19)34-22)23-15(9-29)24(32-26(31-23)40-3)37-11-14(12-37)20-16-10-30-33-18(16)6-5-17(20)27/h5-6,10,14H,4,7-8,11-13H2,1-3H3,(H,30,33). The number of carbonyl (C=O) groups excluding carboxylic acids is 1. The number of methoxy groups -OCH3 is 1. The lowest BCUT2D eigenvalue weighted by atomic mass is 9.89. The van der Waals surface area contributed by atoms with E-state index in [-0.39, 0.29) is 23.5 Å². The predicted molar refractivity (Wildman–Crippen MR) is 150 cm³/mol. The number of nitriles is 1. The molecule has 1 N–H and O–H groups in total. The normalized spacial score (nSPS) is 15.4. The minimum absolute atomic E-state index is 0.142. The quantitative estimate of drug-likeness (QED) is 0.376. The van der Waals surface area contributed by atoms with Crippen LogP contribution in [0, 0.1) is 11.3 Å². The average molecular weight is 581 g/mol. The molecule has 40 heavy (non-hydrogen) atoms. The van der Waals surface area contributed by atoms with Gasteiger partial charge in [0.25, 0.3) is 5.91 Å². The fourth-order valence-corrected chi connectivity index (χ4v) is 5.94. The number of H-pyrrole nitrogens is 1. The highest BCUT2D eigenvalue weighted by Crippen LogP contribution is 2.41. The van der Waals surface area contributed by atoms with Crippen molar-refractivity contribution >= 4 is 51.6 Å². The van der Waals surface area contributed by atoms with Crippen LogP contribution in [0.25, 0.3) is 10.9 Å². The zero-order valence-electron chi connectivity index (χ0n) is 22.1. The van der Waals surface area contributed by atoms with E-state index in [9.17, 15) is 10.1 Å². The number of aromatic nitrogens is 6. The summed E-state index contributed by atoms with van der Waals surface area (Å²) in [5.41, 5.74) is 3.21. The fraction of sp³-hybridized carbons (Fsp3) is 0.385. The highest BCUT2D eigenvalue weighted by Gasteiger charge is 2.36. The molecule has 0 saturated carbocycles. The van der Waals surface area contributed by atoms with Crippen LogP contribution in [-0.4, -0.2) is 81.6 Å². The van der Waals surface area contributed by atoms with Crippen LogP contribution < -0.4 is 14.5 Å². The third-order valence-corrected chi connectivity index (χ3v) is 8.11. The van der Waals surface area contributed by atoms with Crippen LogP contribution in [0.2, 0.25) is 10.0 Å². The summed E-state index contributed by atoms with van der Waals surface area (Å²) in [5.74, 6) is 0.834. The Morgan fingerprint density at radius 2 is 1.93 bits per heavy atom. The van der Waals surface area contributed by atoms with Gasteiger partial charge in [-0.15, -0.1) is 0 Å². The molecule has 2 aliphatic rings. The van der Waals surface area contributed by atoms with E-state index in [0.717, 1.165) is 16.5 Å². The third-order valence-electron chi connectivity index (χ3n) is 7.39. The maximum absolute atomic E-state index is 12.6. The number of nitrogens with one attached hydrogen (secondary N) is 1. The highest BCUT2D eigenvalue weighted by molar-refractivity contribution is 6.34. The van der Waals surface area contributed by atoms with Crippen LogP contribution in [-0.2, 0) is 13.1 Å². The van der Waals surface area contributed by atoms with Gasteiger partial charge in [-0.25, -0.2) is 0 Å². The minimum atomic E-state index is -0.264. The summed E-state index contributed by atoms with van der Waals surface area (Å²) in [6, 6.07) is 6.28. The molecule has 0 radical (unpaired) electrons. The zero-order valence-corrected chi connectivity index (χ0v) is 23.7. The van der Waals surface area contributed by atoms with Crippen molar-refractivity contribution in [2.75, 3.05) is 50.6 Å². The number of benzene rings is 1. The van der Waals surface area contributed by atoms with Gasteiger partial charge < -0.3 is 19.4 Å². The first kappa shape index (κ1) is 26.2. The van der Waals surface area contributed by atoms with Gasteiger partial charge >= 0.3 is 6.01 Å². The third kappa shape index (κ3) is 4.26. The van der Waals surface area contributed by atoms with Crippen molar-refractivity contribution in [3.8, 4) is 12.1 Å². The summed E-state index contributed by atoms with van der Waals surface area (Å²) in [5, 5.41) is 23.9. The molecule has 5 heterocycles. The van der Waals surface area contributed by atoms with Gasteiger partial charge in [0.05, 0.1) is 36.1 Å². The van der Waals surface area contributed by atoms with Gasteiger partial charge in [-0.1, -0.05) is 23.2 Å². The number of halogens is 2. The molecule has 0 atom stereocenters. The van der Waals surface area contributed by atoms with Crippen LogP contribution in [0.3, 0.4) is 0 Å². The van der Waals surface area contributed by atoms with Crippen LogP contribution >= 0.6 is 23.2 Å². The summed E-state index contributed by atoms with van der Waals surface area (Å²) < 4.78 is 7.23. The SMILES string of the molecule is COc1nc(N2CCCn3nc(C(=O)N(C)C)c(Cl)c3C2)c(C#N)c(N2CC(c3c(Cl)ccc4[nH]ncc34)C2)n1. The molecular formula is C26H26Cl2N10O2. The van der Waals surface area contributed by atoms with Crippen molar-refractivity contribution in [3.63, 3.8) is 0 Å². The Hall–Kier alpha value is -4.08. The summed E-state index contributed by atoms with van der Waals surface area (Å²) >= 11 is 13.3. The van der Waals surface area contributed by atoms with Crippen LogP contribution in [0.1, 0.15) is 39.6 Å². The molecule has 206 valence electrons. The smallest absolute Gasteiger partial charge is 0.320 e. The number of hydrogen-bond donors (Lipinski definition) is 1. The van der Waals surface area contributed by atoms with Crippen molar-refractivity contribution in [1.82, 2.24) is 34.8 Å². The molecule has 14 heteroatoms. The number of rotatable bonds is 5. The van der Waals surface area contributed by atoms with Gasteiger partial charge in [0.2, 0.25) is 0 Å². The number of ether oxygens (including phenoxy) is 1. The van der Waals surface area contributed by atoms with E-state index in [1.807, 2.05) is 21.9 Å². The second kappa shape index (κ2) is 10.1. The van der Waals surface area contributed by atoms with E-state index in [4.69, 9.17) is 27.9 Å². The van der Waals surface area contributed by atoms with E-state index < -0.39 is 0 Å². The molecule has 0 aliphatic carbocycles. The van der Waals surface area contributed by atoms with Crippen molar-refractivity contribution in [2.24, 2.45) is 0 Å². The van der Waals surface area contributed by atoms with Crippen molar-refractivity contribution in [2.45, 2.75) is 25.4 Å². The lowest BCUT2D eigenvalue weighted by molar-refractivity contribution is 0.0821. The van der Waals surface area contributed by atoms with Gasteiger partial charge in [-0.3, -0.25) is 14.6 Å². The maximum atomic E-state index is 12.6. The van der Waals surface area contributed by atoms with Crippen LogP contribution in [0.5, 0.6) is 6.01 Å². The first-order valence-corrected chi connectivity index (χ1v) is 13.5. The number of anilines is 2. The highest BCUT2D eigenvalue weighted by atomic mass is 35.5. The molecule has 0 unspecified atom stereocenters. The van der Waals surface area contributed by atoms with Crippen molar-refractivity contribution in [1.29, 1.82) is 5.26 Å². The molecule has 0 bridgehead atoms. The van der Waals surface area contributed by atoms with Crippen molar-refractivity contribution in [3.05, 3.63) is 50.9 Å². The lowest BCUT2D eigenvalue weighted by Crippen LogP contribution is -2.46. The summed E-state index contributed by atoms with van der Waals surface area (Å²) in [6.07, 6.45) is 2.50. The van der Waals surface area contributed by atoms with Gasteiger partial charge in [0.15, 0.2) is 17.3 Å². The van der Waals surface area contributed by atoms with E-state index in [1.165, 1.54) is 12.0 Å². The summed E-state index contributed by atoms with van der Waals surface area (Å²) in [4.78, 5) is 27.2. The van der Waals surface area contributed by atoms with E-state index in [0.29, 0.717) is 72.1 Å². The van der Waals surface area contributed by atoms with Crippen molar-refractivity contribution < 1.29 is 9.53 Å². The Morgan fingerprint density at radius 3 is 2.62 bits per heavy atom.